The summed E-state index contributed by atoms with van der Waals surface area (Å²) in [5.74, 6) is -0.429. The van der Waals surface area contributed by atoms with Crippen LogP contribution >= 0.6 is 0 Å². The Hall–Kier alpha value is -1.82. The molecule has 0 spiro atoms. The Morgan fingerprint density at radius 3 is 2.95 bits per heavy atom. The molecular formula is C15H22N2O4. The summed E-state index contributed by atoms with van der Waals surface area (Å²) >= 11 is 0. The van der Waals surface area contributed by atoms with Gasteiger partial charge in [-0.2, -0.15) is 0 Å². The van der Waals surface area contributed by atoms with Gasteiger partial charge < -0.3 is 20.2 Å². The number of furan rings is 1. The summed E-state index contributed by atoms with van der Waals surface area (Å²) in [5.41, 5.74) is 0. The van der Waals surface area contributed by atoms with Crippen molar-refractivity contribution in [2.45, 2.75) is 44.7 Å². The lowest BCUT2D eigenvalue weighted by atomic mass is 9.86. The lowest BCUT2D eigenvalue weighted by molar-refractivity contribution is -0.143. The number of amides is 1. The Balaban J connectivity index is 1.72. The normalized spacial score (nSPS) is 23.5. The molecule has 1 saturated carbocycles. The highest BCUT2D eigenvalue weighted by Gasteiger charge is 2.27. The molecule has 116 valence electrons. The molecule has 3 N–H and O–H groups in total. The van der Waals surface area contributed by atoms with Gasteiger partial charge in [0.1, 0.15) is 5.76 Å². The summed E-state index contributed by atoms with van der Waals surface area (Å²) in [6, 6.07) is 3.53. The largest absolute Gasteiger partial charge is 0.481 e. The number of carbonyl (C=O) groups excluding carboxylic acids is 1. The zero-order valence-corrected chi connectivity index (χ0v) is 12.2. The molecule has 1 fully saturated rings. The van der Waals surface area contributed by atoms with Gasteiger partial charge in [0.15, 0.2) is 0 Å². The number of aliphatic carboxylic acids is 1. The molecule has 0 aliphatic heterocycles. The summed E-state index contributed by atoms with van der Waals surface area (Å²) in [5, 5.41) is 15.0. The average molecular weight is 294 g/mol. The van der Waals surface area contributed by atoms with Crippen LogP contribution in [0.5, 0.6) is 0 Å². The van der Waals surface area contributed by atoms with Gasteiger partial charge in [0.25, 0.3) is 0 Å². The van der Waals surface area contributed by atoms with Crippen LogP contribution in [0.1, 0.15) is 44.4 Å². The third-order valence-electron chi connectivity index (χ3n) is 3.92. The zero-order chi connectivity index (χ0) is 15.2. The molecule has 21 heavy (non-hydrogen) atoms. The quantitative estimate of drug-likeness (QED) is 0.742. The van der Waals surface area contributed by atoms with Gasteiger partial charge in [-0.05, 0) is 38.3 Å². The standard InChI is InChI=1S/C15H22N2O4/c1-10(13-6-3-7-21-13)17-14(18)9-16-12-5-2-4-11(8-12)15(19)20/h3,6-7,10-12,16H,2,4-5,8-9H2,1H3,(H,17,18)(H,19,20). The SMILES string of the molecule is CC(NC(=O)CNC1CCCC(C(=O)O)C1)c1ccco1. The van der Waals surface area contributed by atoms with Crippen LogP contribution in [0.2, 0.25) is 0 Å². The van der Waals surface area contributed by atoms with Crippen LogP contribution in [0, 0.1) is 5.92 Å². The second-order valence-corrected chi connectivity index (χ2v) is 5.58. The Morgan fingerprint density at radius 1 is 1.48 bits per heavy atom. The number of rotatable bonds is 6. The minimum atomic E-state index is -0.739. The Morgan fingerprint density at radius 2 is 2.29 bits per heavy atom. The first-order chi connectivity index (χ1) is 10.1. The lowest BCUT2D eigenvalue weighted by Gasteiger charge is -2.27. The molecule has 0 bridgehead atoms. The van der Waals surface area contributed by atoms with E-state index in [2.05, 4.69) is 10.6 Å². The van der Waals surface area contributed by atoms with Crippen LogP contribution in [0.3, 0.4) is 0 Å². The van der Waals surface area contributed by atoms with Crippen molar-refractivity contribution < 1.29 is 19.1 Å². The highest BCUT2D eigenvalue weighted by atomic mass is 16.4. The third kappa shape index (κ3) is 4.60. The maximum absolute atomic E-state index is 11.9. The molecule has 1 aliphatic carbocycles. The van der Waals surface area contributed by atoms with Crippen LogP contribution in [-0.2, 0) is 9.59 Å². The number of nitrogens with one attached hydrogen (secondary N) is 2. The molecule has 3 unspecified atom stereocenters. The van der Waals surface area contributed by atoms with E-state index in [1.165, 1.54) is 0 Å². The average Bonchev–Trinajstić information content (AvgIpc) is 2.99. The van der Waals surface area contributed by atoms with Crippen molar-refractivity contribution in [1.29, 1.82) is 0 Å². The molecule has 2 rings (SSSR count). The predicted molar refractivity (Wildman–Crippen MR) is 76.7 cm³/mol. The minimum absolute atomic E-state index is 0.101. The molecule has 0 radical (unpaired) electrons. The van der Waals surface area contributed by atoms with Crippen LogP contribution in [0.4, 0.5) is 0 Å². The van der Waals surface area contributed by atoms with E-state index in [1.54, 1.807) is 12.3 Å². The summed E-state index contributed by atoms with van der Waals surface area (Å²) in [4.78, 5) is 22.9. The van der Waals surface area contributed by atoms with E-state index in [1.807, 2.05) is 13.0 Å². The molecule has 1 amide bonds. The fourth-order valence-electron chi connectivity index (χ4n) is 2.74. The van der Waals surface area contributed by atoms with Crippen LogP contribution in [0.25, 0.3) is 0 Å². The molecule has 1 heterocycles. The van der Waals surface area contributed by atoms with Gasteiger partial charge in [-0.25, -0.2) is 0 Å². The van der Waals surface area contributed by atoms with Crippen LogP contribution < -0.4 is 10.6 Å². The molecule has 3 atom stereocenters. The monoisotopic (exact) mass is 294 g/mol. The second kappa shape index (κ2) is 7.26. The van der Waals surface area contributed by atoms with Gasteiger partial charge in [-0.1, -0.05) is 6.42 Å². The number of carbonyl (C=O) groups is 2. The van der Waals surface area contributed by atoms with Crippen molar-refractivity contribution in [1.82, 2.24) is 10.6 Å². The van der Waals surface area contributed by atoms with E-state index >= 15 is 0 Å². The summed E-state index contributed by atoms with van der Waals surface area (Å²) in [7, 11) is 0. The predicted octanol–water partition coefficient (Wildman–Crippen LogP) is 1.69. The number of hydrogen-bond acceptors (Lipinski definition) is 4. The van der Waals surface area contributed by atoms with Crippen molar-refractivity contribution in [3.8, 4) is 0 Å². The first-order valence-corrected chi connectivity index (χ1v) is 7.35. The van der Waals surface area contributed by atoms with Gasteiger partial charge in [0, 0.05) is 6.04 Å². The molecule has 0 aromatic carbocycles. The Labute approximate surface area is 123 Å². The van der Waals surface area contributed by atoms with E-state index in [4.69, 9.17) is 9.52 Å². The summed E-state index contributed by atoms with van der Waals surface area (Å²) in [6.07, 6.45) is 4.71. The summed E-state index contributed by atoms with van der Waals surface area (Å²) < 4.78 is 5.23. The molecule has 1 aliphatic rings. The van der Waals surface area contributed by atoms with Gasteiger partial charge in [0.2, 0.25) is 5.91 Å². The molecule has 1 aromatic heterocycles. The van der Waals surface area contributed by atoms with E-state index in [0.717, 1.165) is 19.3 Å². The maximum atomic E-state index is 11.9. The fraction of sp³-hybridized carbons (Fsp3) is 0.600. The van der Waals surface area contributed by atoms with Crippen LogP contribution in [0.15, 0.2) is 22.8 Å². The van der Waals surface area contributed by atoms with E-state index in [0.29, 0.717) is 12.2 Å². The van der Waals surface area contributed by atoms with Gasteiger partial charge in [0.05, 0.1) is 24.8 Å². The molecular weight excluding hydrogens is 272 g/mol. The lowest BCUT2D eigenvalue weighted by Crippen LogP contribution is -2.42. The number of carboxylic acids is 1. The minimum Gasteiger partial charge on any atom is -0.481 e. The molecule has 6 nitrogen and oxygen atoms in total. The van der Waals surface area contributed by atoms with Crippen molar-refractivity contribution in [2.75, 3.05) is 6.54 Å². The second-order valence-electron chi connectivity index (χ2n) is 5.58. The van der Waals surface area contributed by atoms with Crippen molar-refractivity contribution in [2.24, 2.45) is 5.92 Å². The smallest absolute Gasteiger partial charge is 0.306 e. The molecule has 0 saturated heterocycles. The highest BCUT2D eigenvalue weighted by Crippen LogP contribution is 2.24. The van der Waals surface area contributed by atoms with Crippen molar-refractivity contribution in [3.63, 3.8) is 0 Å². The Bertz CT molecular complexity index is 472. The van der Waals surface area contributed by atoms with Gasteiger partial charge >= 0.3 is 5.97 Å². The maximum Gasteiger partial charge on any atom is 0.306 e. The number of hydrogen-bond donors (Lipinski definition) is 3. The van der Waals surface area contributed by atoms with Gasteiger partial charge in [-0.15, -0.1) is 0 Å². The first-order valence-electron chi connectivity index (χ1n) is 7.35. The van der Waals surface area contributed by atoms with E-state index < -0.39 is 5.97 Å². The van der Waals surface area contributed by atoms with E-state index in [9.17, 15) is 9.59 Å². The fourth-order valence-corrected chi connectivity index (χ4v) is 2.74. The molecule has 6 heteroatoms. The molecule has 1 aromatic rings. The summed E-state index contributed by atoms with van der Waals surface area (Å²) in [6.45, 7) is 2.06. The van der Waals surface area contributed by atoms with Crippen molar-refractivity contribution in [3.05, 3.63) is 24.2 Å². The van der Waals surface area contributed by atoms with Gasteiger partial charge in [-0.3, -0.25) is 9.59 Å². The van der Waals surface area contributed by atoms with Crippen molar-refractivity contribution >= 4 is 11.9 Å². The zero-order valence-electron chi connectivity index (χ0n) is 12.2. The Kier molecular flexibility index (Phi) is 5.38. The highest BCUT2D eigenvalue weighted by molar-refractivity contribution is 5.78. The third-order valence-corrected chi connectivity index (χ3v) is 3.92. The topological polar surface area (TPSA) is 91.6 Å². The van der Waals surface area contributed by atoms with E-state index in [-0.39, 0.29) is 30.5 Å². The first kappa shape index (κ1) is 15.6. The van der Waals surface area contributed by atoms with Crippen LogP contribution in [-0.4, -0.2) is 29.6 Å². The number of carboxylic acid groups (broad SMARTS) is 1.